The molecule has 0 heterocycles. The van der Waals surface area contributed by atoms with Gasteiger partial charge in [0.25, 0.3) is 0 Å². The van der Waals surface area contributed by atoms with Crippen LogP contribution >= 0.6 is 0 Å². The standard InChI is InChI=1S/C49H85NO7/c1-6-8-10-12-14-16-18-19-20-21-22-23-24-25-26-27-28-30-31-33-35-37-39-47(51)56-44-45(43-55-42-41-46(49(53)54)50(3,4)5)57-48(52)40-38-36-34-32-29-17-15-13-11-9-7-2/h9,11,15,17,21-22,24-25,32,34,45-46H,6-8,10,12-14,16,18-20,23,26-31,33,35-44H2,1-5H3/p+1/b11-9+,17-15+,22-21+,25-24+,34-32+. The topological polar surface area (TPSA) is 99.1 Å². The van der Waals surface area contributed by atoms with Crippen molar-refractivity contribution in [3.8, 4) is 0 Å². The highest BCUT2D eigenvalue weighted by atomic mass is 16.6. The second kappa shape index (κ2) is 39.8. The first-order chi connectivity index (χ1) is 27.6. The number of carbonyl (C=O) groups is 3. The number of hydrogen-bond acceptors (Lipinski definition) is 6. The van der Waals surface area contributed by atoms with Crippen LogP contribution < -0.4 is 0 Å². The SMILES string of the molecule is CC/C=C/C/C=C/C/C=C/CCCC(=O)OC(COCCC(C(=O)O)[N+](C)(C)C)COC(=O)CCCCCCCCC/C=C/C/C=C/CCCCCCCCCC. The Balaban J connectivity index is 4.28. The molecule has 0 aromatic carbocycles. The zero-order chi connectivity index (χ0) is 42.1. The van der Waals surface area contributed by atoms with Crippen LogP contribution in [0.3, 0.4) is 0 Å². The van der Waals surface area contributed by atoms with Crippen molar-refractivity contribution in [3.63, 3.8) is 0 Å². The van der Waals surface area contributed by atoms with Crippen LogP contribution in [0.5, 0.6) is 0 Å². The third-order valence-electron chi connectivity index (χ3n) is 9.90. The summed E-state index contributed by atoms with van der Waals surface area (Å²) in [5, 5.41) is 9.61. The van der Waals surface area contributed by atoms with Gasteiger partial charge >= 0.3 is 17.9 Å². The number of esters is 2. The number of carboxylic acids is 1. The minimum absolute atomic E-state index is 0.0361. The fraction of sp³-hybridized carbons (Fsp3) is 0.735. The van der Waals surface area contributed by atoms with Crippen molar-refractivity contribution in [1.82, 2.24) is 0 Å². The maximum Gasteiger partial charge on any atom is 0.362 e. The Morgan fingerprint density at radius 3 is 1.51 bits per heavy atom. The predicted molar refractivity (Wildman–Crippen MR) is 238 cm³/mol. The number of hydrogen-bond donors (Lipinski definition) is 1. The fourth-order valence-corrected chi connectivity index (χ4v) is 6.38. The first kappa shape index (κ1) is 54.0. The van der Waals surface area contributed by atoms with Gasteiger partial charge in [-0.2, -0.15) is 0 Å². The second-order valence-corrected chi connectivity index (χ2v) is 16.3. The molecule has 0 saturated heterocycles. The summed E-state index contributed by atoms with van der Waals surface area (Å²) in [6.45, 7) is 4.54. The van der Waals surface area contributed by atoms with Gasteiger partial charge in [0.2, 0.25) is 0 Å². The molecular weight excluding hydrogens is 715 g/mol. The van der Waals surface area contributed by atoms with E-state index in [0.717, 1.165) is 57.8 Å². The Morgan fingerprint density at radius 1 is 0.544 bits per heavy atom. The molecule has 0 amide bonds. The molecule has 0 aliphatic rings. The van der Waals surface area contributed by atoms with Gasteiger partial charge in [0.15, 0.2) is 12.1 Å². The summed E-state index contributed by atoms with van der Waals surface area (Å²) in [7, 11) is 5.50. The maximum atomic E-state index is 12.7. The zero-order valence-corrected chi connectivity index (χ0v) is 37.3. The zero-order valence-electron chi connectivity index (χ0n) is 37.3. The van der Waals surface area contributed by atoms with Crippen molar-refractivity contribution in [2.24, 2.45) is 0 Å². The van der Waals surface area contributed by atoms with E-state index in [-0.39, 0.29) is 42.7 Å². The molecule has 0 radical (unpaired) electrons. The molecule has 0 fully saturated rings. The quantitative estimate of drug-likeness (QED) is 0.0285. The van der Waals surface area contributed by atoms with E-state index in [9.17, 15) is 19.5 Å². The minimum atomic E-state index is -0.886. The van der Waals surface area contributed by atoms with Gasteiger partial charge in [0.1, 0.15) is 6.61 Å². The molecule has 1 N–H and O–H groups in total. The van der Waals surface area contributed by atoms with Crippen molar-refractivity contribution in [2.75, 3.05) is 41.0 Å². The Hall–Kier alpha value is -2.97. The number of ether oxygens (including phenoxy) is 3. The van der Waals surface area contributed by atoms with Crippen molar-refractivity contribution >= 4 is 17.9 Å². The number of allylic oxidation sites excluding steroid dienone is 10. The van der Waals surface area contributed by atoms with Crippen LogP contribution in [0.2, 0.25) is 0 Å². The number of quaternary nitrogens is 1. The van der Waals surface area contributed by atoms with Crippen molar-refractivity contribution in [3.05, 3.63) is 60.8 Å². The first-order valence-corrected chi connectivity index (χ1v) is 22.8. The van der Waals surface area contributed by atoms with Gasteiger partial charge in [-0.3, -0.25) is 9.59 Å². The molecule has 0 aliphatic heterocycles. The number of carboxylic acid groups (broad SMARTS) is 1. The Kier molecular flexibility index (Phi) is 37.8. The Morgan fingerprint density at radius 2 is 1.00 bits per heavy atom. The third kappa shape index (κ3) is 38.3. The number of carbonyl (C=O) groups excluding carboxylic acids is 2. The summed E-state index contributed by atoms with van der Waals surface area (Å²) < 4.78 is 17.2. The van der Waals surface area contributed by atoms with Crippen LogP contribution in [0, 0.1) is 0 Å². The van der Waals surface area contributed by atoms with Crippen LogP contribution in [0.25, 0.3) is 0 Å². The summed E-state index contributed by atoms with van der Waals surface area (Å²) in [6.07, 6.45) is 48.6. The number of nitrogens with zero attached hydrogens (tertiary/aromatic N) is 1. The van der Waals surface area contributed by atoms with E-state index < -0.39 is 18.1 Å². The number of aliphatic carboxylic acids is 1. The molecule has 0 aromatic heterocycles. The molecule has 0 aliphatic carbocycles. The maximum absolute atomic E-state index is 12.7. The molecule has 0 bridgehead atoms. The van der Waals surface area contributed by atoms with Gasteiger partial charge in [-0.05, 0) is 70.6 Å². The molecule has 57 heavy (non-hydrogen) atoms. The summed E-state index contributed by atoms with van der Waals surface area (Å²) >= 11 is 0. The van der Waals surface area contributed by atoms with E-state index in [1.807, 2.05) is 21.1 Å². The second-order valence-electron chi connectivity index (χ2n) is 16.3. The predicted octanol–water partition coefficient (Wildman–Crippen LogP) is 12.6. The monoisotopic (exact) mass is 801 g/mol. The van der Waals surface area contributed by atoms with Gasteiger partial charge in [-0.1, -0.05) is 152 Å². The highest BCUT2D eigenvalue weighted by molar-refractivity contribution is 5.72. The van der Waals surface area contributed by atoms with Gasteiger partial charge < -0.3 is 23.8 Å². The van der Waals surface area contributed by atoms with Gasteiger partial charge in [0, 0.05) is 19.3 Å². The molecule has 8 heteroatoms. The first-order valence-electron chi connectivity index (χ1n) is 22.8. The summed E-state index contributed by atoms with van der Waals surface area (Å²) in [5.74, 6) is -1.55. The summed E-state index contributed by atoms with van der Waals surface area (Å²) in [5.41, 5.74) is 0. The van der Waals surface area contributed by atoms with E-state index in [2.05, 4.69) is 74.6 Å². The van der Waals surface area contributed by atoms with Crippen molar-refractivity contribution in [2.45, 2.75) is 193 Å². The lowest BCUT2D eigenvalue weighted by Crippen LogP contribution is -2.50. The Labute approximate surface area is 349 Å². The lowest BCUT2D eigenvalue weighted by atomic mass is 10.1. The molecule has 0 aromatic rings. The van der Waals surface area contributed by atoms with Gasteiger partial charge in [-0.15, -0.1) is 0 Å². The van der Waals surface area contributed by atoms with E-state index in [1.165, 1.54) is 83.5 Å². The summed E-state index contributed by atoms with van der Waals surface area (Å²) in [4.78, 5) is 36.9. The highest BCUT2D eigenvalue weighted by Crippen LogP contribution is 2.13. The largest absolute Gasteiger partial charge is 0.477 e. The number of rotatable bonds is 40. The molecule has 0 saturated carbocycles. The van der Waals surface area contributed by atoms with E-state index in [0.29, 0.717) is 19.3 Å². The highest BCUT2D eigenvalue weighted by Gasteiger charge is 2.31. The Bertz CT molecular complexity index is 1120. The van der Waals surface area contributed by atoms with E-state index in [1.54, 1.807) is 0 Å². The van der Waals surface area contributed by atoms with Crippen molar-refractivity contribution < 1.29 is 38.2 Å². The average Bonchev–Trinajstić information content (AvgIpc) is 3.17. The van der Waals surface area contributed by atoms with Crippen LogP contribution in [0.4, 0.5) is 0 Å². The van der Waals surface area contributed by atoms with E-state index in [4.69, 9.17) is 14.2 Å². The number of unbranched alkanes of at least 4 members (excludes halogenated alkanes) is 16. The third-order valence-corrected chi connectivity index (χ3v) is 9.90. The lowest BCUT2D eigenvalue weighted by Gasteiger charge is -2.31. The normalized spacial score (nSPS) is 13.5. The van der Waals surface area contributed by atoms with Crippen LogP contribution in [0.15, 0.2) is 60.8 Å². The van der Waals surface area contributed by atoms with Gasteiger partial charge in [0.05, 0.1) is 34.4 Å². The summed E-state index contributed by atoms with van der Waals surface area (Å²) in [6, 6.07) is -0.626. The minimum Gasteiger partial charge on any atom is -0.477 e. The van der Waals surface area contributed by atoms with Crippen LogP contribution in [-0.2, 0) is 28.6 Å². The molecular formula is C49H86NO7+. The fourth-order valence-electron chi connectivity index (χ4n) is 6.38. The van der Waals surface area contributed by atoms with Crippen LogP contribution in [-0.4, -0.2) is 80.6 Å². The number of likely N-dealkylation sites (N-methyl/N-ethyl adjacent to an activating group) is 1. The van der Waals surface area contributed by atoms with E-state index >= 15 is 0 Å². The molecule has 8 nitrogen and oxygen atoms in total. The average molecular weight is 801 g/mol. The molecule has 328 valence electrons. The van der Waals surface area contributed by atoms with Gasteiger partial charge in [-0.25, -0.2) is 4.79 Å². The molecule has 2 atom stereocenters. The molecule has 0 spiro atoms. The molecule has 0 rings (SSSR count). The molecule has 2 unspecified atom stereocenters. The van der Waals surface area contributed by atoms with Crippen molar-refractivity contribution in [1.29, 1.82) is 0 Å². The lowest BCUT2D eigenvalue weighted by molar-refractivity contribution is -0.887. The van der Waals surface area contributed by atoms with Crippen LogP contribution in [0.1, 0.15) is 181 Å². The smallest absolute Gasteiger partial charge is 0.362 e.